The number of carbonyl (C=O) groups excluding carboxylic acids is 1. The van der Waals surface area contributed by atoms with Crippen LogP contribution in [-0.4, -0.2) is 22.1 Å². The van der Waals surface area contributed by atoms with Crippen LogP contribution < -0.4 is 11.1 Å². The number of aromatic nitrogens is 2. The van der Waals surface area contributed by atoms with Crippen molar-refractivity contribution in [2.75, 3.05) is 5.73 Å². The van der Waals surface area contributed by atoms with Crippen molar-refractivity contribution in [1.82, 2.24) is 15.5 Å². The van der Waals surface area contributed by atoms with Gasteiger partial charge in [-0.3, -0.25) is 4.79 Å². The van der Waals surface area contributed by atoms with Gasteiger partial charge in [-0.2, -0.15) is 0 Å². The molecule has 0 radical (unpaired) electrons. The molecule has 6 nitrogen and oxygen atoms in total. The van der Waals surface area contributed by atoms with Gasteiger partial charge in [0, 0.05) is 12.5 Å². The van der Waals surface area contributed by atoms with E-state index >= 15 is 0 Å². The van der Waals surface area contributed by atoms with E-state index in [2.05, 4.69) is 15.5 Å². The Morgan fingerprint density at radius 3 is 3.06 bits per heavy atom. The zero-order valence-electron chi connectivity index (χ0n) is 9.92. The maximum atomic E-state index is 11.7. The number of nitrogens with one attached hydrogen (secondary N) is 1. The Morgan fingerprint density at radius 1 is 1.61 bits per heavy atom. The third kappa shape index (κ3) is 3.30. The minimum absolute atomic E-state index is 0.0349. The number of hydrogen-bond acceptors (Lipinski definition) is 6. The second-order valence-electron chi connectivity index (χ2n) is 3.94. The fourth-order valence-electron chi connectivity index (χ4n) is 1.50. The van der Waals surface area contributed by atoms with Crippen molar-refractivity contribution in [2.24, 2.45) is 0 Å². The molecule has 0 saturated heterocycles. The van der Waals surface area contributed by atoms with Gasteiger partial charge in [-0.25, -0.2) is 0 Å². The van der Waals surface area contributed by atoms with Crippen LogP contribution in [0.25, 0.3) is 0 Å². The first-order valence-corrected chi connectivity index (χ1v) is 6.39. The van der Waals surface area contributed by atoms with Crippen molar-refractivity contribution in [1.29, 1.82) is 0 Å². The van der Waals surface area contributed by atoms with Crippen molar-refractivity contribution >= 4 is 22.4 Å². The lowest BCUT2D eigenvalue weighted by molar-refractivity contribution is 0.0937. The molecule has 2 rings (SSSR count). The van der Waals surface area contributed by atoms with Crippen LogP contribution in [0.3, 0.4) is 0 Å². The van der Waals surface area contributed by atoms with Crippen LogP contribution in [-0.2, 0) is 6.42 Å². The number of aryl methyl sites for hydroxylation is 1. The Morgan fingerprint density at radius 2 is 2.44 bits per heavy atom. The second-order valence-corrected chi connectivity index (χ2v) is 4.95. The highest BCUT2D eigenvalue weighted by Gasteiger charge is 2.14. The van der Waals surface area contributed by atoms with E-state index in [9.17, 15) is 4.79 Å². The molecule has 0 aliphatic rings. The van der Waals surface area contributed by atoms with Crippen molar-refractivity contribution < 1.29 is 9.21 Å². The van der Waals surface area contributed by atoms with Crippen molar-refractivity contribution in [3.8, 4) is 0 Å². The van der Waals surface area contributed by atoms with E-state index in [1.165, 1.54) is 0 Å². The fraction of sp³-hybridized carbons (Fsp3) is 0.364. The number of nitrogens with two attached hydrogens (primary N) is 1. The zero-order chi connectivity index (χ0) is 13.0. The lowest BCUT2D eigenvalue weighted by atomic mass is 10.1. The van der Waals surface area contributed by atoms with E-state index in [0.717, 1.165) is 29.9 Å². The van der Waals surface area contributed by atoms with Gasteiger partial charge in [-0.1, -0.05) is 11.3 Å². The average molecular weight is 266 g/mol. The molecule has 2 aromatic heterocycles. The molecule has 1 unspecified atom stereocenters. The standard InChI is InChI=1S/C11H14N4O2S/c1-7(4-5-8-3-2-6-17-8)13-9(16)10-14-15-11(12)18-10/h2-3,6-7H,4-5H2,1H3,(H2,12,15)(H,13,16). The first-order chi connectivity index (χ1) is 8.65. The van der Waals surface area contributed by atoms with Crippen molar-refractivity contribution in [3.05, 3.63) is 29.2 Å². The molecule has 0 aromatic carbocycles. The van der Waals surface area contributed by atoms with E-state index in [0.29, 0.717) is 5.13 Å². The molecule has 1 amide bonds. The summed E-state index contributed by atoms with van der Waals surface area (Å²) in [6.45, 7) is 1.94. The van der Waals surface area contributed by atoms with Gasteiger partial charge in [0.15, 0.2) is 0 Å². The highest BCUT2D eigenvalue weighted by molar-refractivity contribution is 7.16. The van der Waals surface area contributed by atoms with E-state index < -0.39 is 0 Å². The zero-order valence-corrected chi connectivity index (χ0v) is 10.7. The molecule has 96 valence electrons. The lowest BCUT2D eigenvalue weighted by Crippen LogP contribution is -2.32. The number of nitrogen functional groups attached to an aromatic ring is 1. The summed E-state index contributed by atoms with van der Waals surface area (Å²) in [6, 6.07) is 3.80. The van der Waals surface area contributed by atoms with Gasteiger partial charge in [0.25, 0.3) is 5.91 Å². The van der Waals surface area contributed by atoms with E-state index in [1.807, 2.05) is 19.1 Å². The van der Waals surface area contributed by atoms with Gasteiger partial charge in [-0.15, -0.1) is 10.2 Å². The minimum Gasteiger partial charge on any atom is -0.469 e. The van der Waals surface area contributed by atoms with Gasteiger partial charge >= 0.3 is 0 Å². The monoisotopic (exact) mass is 266 g/mol. The maximum absolute atomic E-state index is 11.7. The van der Waals surface area contributed by atoms with Gasteiger partial charge in [0.2, 0.25) is 10.1 Å². The van der Waals surface area contributed by atoms with Gasteiger partial charge in [0.1, 0.15) is 5.76 Å². The first kappa shape index (κ1) is 12.6. The van der Waals surface area contributed by atoms with Crippen molar-refractivity contribution in [3.63, 3.8) is 0 Å². The lowest BCUT2D eigenvalue weighted by Gasteiger charge is -2.11. The van der Waals surface area contributed by atoms with Crippen LogP contribution >= 0.6 is 11.3 Å². The summed E-state index contributed by atoms with van der Waals surface area (Å²) in [7, 11) is 0. The highest BCUT2D eigenvalue weighted by atomic mass is 32.1. The molecule has 1 atom stereocenters. The molecule has 3 N–H and O–H groups in total. The molecule has 2 aromatic rings. The number of furan rings is 1. The average Bonchev–Trinajstić information content (AvgIpc) is 2.97. The Hall–Kier alpha value is -1.89. The van der Waals surface area contributed by atoms with E-state index in [1.54, 1.807) is 6.26 Å². The van der Waals surface area contributed by atoms with Gasteiger partial charge < -0.3 is 15.5 Å². The summed E-state index contributed by atoms with van der Waals surface area (Å²) in [5.74, 6) is 0.674. The Bertz CT molecular complexity index is 509. The molecule has 0 fully saturated rings. The molecule has 7 heteroatoms. The molecule has 0 bridgehead atoms. The van der Waals surface area contributed by atoms with E-state index in [4.69, 9.17) is 10.2 Å². The van der Waals surface area contributed by atoms with Gasteiger partial charge in [0.05, 0.1) is 6.26 Å². The van der Waals surface area contributed by atoms with Crippen LogP contribution in [0.5, 0.6) is 0 Å². The molecule has 0 saturated carbocycles. The van der Waals surface area contributed by atoms with Crippen molar-refractivity contribution in [2.45, 2.75) is 25.8 Å². The number of carbonyl (C=O) groups is 1. The molecule has 0 spiro atoms. The summed E-state index contributed by atoms with van der Waals surface area (Å²) in [5.41, 5.74) is 5.42. The molecule has 2 heterocycles. The fourth-order valence-corrected chi connectivity index (χ4v) is 2.01. The summed E-state index contributed by atoms with van der Waals surface area (Å²) >= 11 is 1.08. The summed E-state index contributed by atoms with van der Waals surface area (Å²) in [5, 5.41) is 10.7. The molecule has 18 heavy (non-hydrogen) atoms. The molecule has 0 aliphatic carbocycles. The number of anilines is 1. The normalized spacial score (nSPS) is 12.3. The third-order valence-corrected chi connectivity index (χ3v) is 3.17. The predicted octanol–water partition coefficient (Wildman–Crippen LogP) is 1.46. The number of amides is 1. The van der Waals surface area contributed by atoms with Gasteiger partial charge in [-0.05, 0) is 25.5 Å². The van der Waals surface area contributed by atoms with Crippen LogP contribution in [0.1, 0.15) is 28.9 Å². The Kier molecular flexibility index (Phi) is 3.93. The third-order valence-electron chi connectivity index (χ3n) is 2.42. The second kappa shape index (κ2) is 5.63. The number of hydrogen-bond donors (Lipinski definition) is 2. The van der Waals surface area contributed by atoms with Crippen LogP contribution in [0, 0.1) is 0 Å². The topological polar surface area (TPSA) is 94.0 Å². The quantitative estimate of drug-likeness (QED) is 0.854. The molecular formula is C11H14N4O2S. The molecule has 0 aliphatic heterocycles. The highest BCUT2D eigenvalue weighted by Crippen LogP contribution is 2.11. The summed E-state index contributed by atoms with van der Waals surface area (Å²) in [6.07, 6.45) is 3.23. The van der Waals surface area contributed by atoms with Crippen LogP contribution in [0.4, 0.5) is 5.13 Å². The van der Waals surface area contributed by atoms with Crippen LogP contribution in [0.2, 0.25) is 0 Å². The summed E-state index contributed by atoms with van der Waals surface area (Å²) < 4.78 is 5.23. The first-order valence-electron chi connectivity index (χ1n) is 5.57. The smallest absolute Gasteiger partial charge is 0.282 e. The van der Waals surface area contributed by atoms with Crippen LogP contribution in [0.15, 0.2) is 22.8 Å². The maximum Gasteiger partial charge on any atom is 0.282 e. The number of rotatable bonds is 5. The minimum atomic E-state index is -0.240. The summed E-state index contributed by atoms with van der Waals surface area (Å²) in [4.78, 5) is 11.7. The SMILES string of the molecule is CC(CCc1ccco1)NC(=O)c1nnc(N)s1. The predicted molar refractivity (Wildman–Crippen MR) is 68.3 cm³/mol. The molecular weight excluding hydrogens is 252 g/mol. The largest absolute Gasteiger partial charge is 0.469 e. The van der Waals surface area contributed by atoms with E-state index in [-0.39, 0.29) is 17.0 Å². The number of nitrogens with zero attached hydrogens (tertiary/aromatic N) is 2. The Balaban J connectivity index is 1.80. The Labute approximate surface area is 108 Å².